The SMILES string of the molecule is O=C(Cc1ccc(F)cc1)N1CCC(c2cc3cccnc3c(=O)[nH]2)CC1. The molecule has 3 heterocycles. The van der Waals surface area contributed by atoms with Crippen molar-refractivity contribution in [2.24, 2.45) is 0 Å². The molecule has 1 saturated heterocycles. The van der Waals surface area contributed by atoms with Crippen LogP contribution in [0.25, 0.3) is 10.9 Å². The van der Waals surface area contributed by atoms with E-state index in [9.17, 15) is 14.0 Å². The Morgan fingerprint density at radius 1 is 1.19 bits per heavy atom. The van der Waals surface area contributed by atoms with Crippen LogP contribution >= 0.6 is 0 Å². The van der Waals surface area contributed by atoms with E-state index in [1.807, 2.05) is 23.1 Å². The third-order valence-corrected chi connectivity index (χ3v) is 5.18. The van der Waals surface area contributed by atoms with Gasteiger partial charge in [-0.15, -0.1) is 0 Å². The summed E-state index contributed by atoms with van der Waals surface area (Å²) < 4.78 is 13.0. The molecule has 27 heavy (non-hydrogen) atoms. The van der Waals surface area contributed by atoms with Crippen molar-refractivity contribution in [2.45, 2.75) is 25.2 Å². The molecule has 1 aromatic carbocycles. The lowest BCUT2D eigenvalue weighted by Gasteiger charge is -2.32. The Labute approximate surface area is 155 Å². The van der Waals surface area contributed by atoms with Crippen LogP contribution in [0.3, 0.4) is 0 Å². The summed E-state index contributed by atoms with van der Waals surface area (Å²) in [5.41, 5.74) is 2.01. The van der Waals surface area contributed by atoms with E-state index in [0.717, 1.165) is 29.5 Å². The lowest BCUT2D eigenvalue weighted by Crippen LogP contribution is -2.39. The molecule has 1 fully saturated rings. The molecule has 0 saturated carbocycles. The van der Waals surface area contributed by atoms with Gasteiger partial charge in [0.15, 0.2) is 0 Å². The maximum Gasteiger partial charge on any atom is 0.274 e. The molecular formula is C21H20FN3O2. The van der Waals surface area contributed by atoms with Crippen LogP contribution in [0.2, 0.25) is 0 Å². The number of pyridine rings is 2. The number of aromatic amines is 1. The molecule has 3 aromatic rings. The average molecular weight is 365 g/mol. The van der Waals surface area contributed by atoms with Gasteiger partial charge in [-0.05, 0) is 42.7 Å². The first-order valence-corrected chi connectivity index (χ1v) is 9.10. The van der Waals surface area contributed by atoms with E-state index in [-0.39, 0.29) is 29.6 Å². The number of carbonyl (C=O) groups is 1. The number of fused-ring (bicyclic) bond motifs is 1. The second-order valence-corrected chi connectivity index (χ2v) is 6.95. The van der Waals surface area contributed by atoms with Crippen LogP contribution in [0.1, 0.15) is 30.0 Å². The fourth-order valence-electron chi connectivity index (χ4n) is 3.67. The summed E-state index contributed by atoms with van der Waals surface area (Å²) in [4.78, 5) is 33.7. The fourth-order valence-corrected chi connectivity index (χ4v) is 3.67. The number of aromatic nitrogens is 2. The molecule has 138 valence electrons. The van der Waals surface area contributed by atoms with E-state index in [2.05, 4.69) is 9.97 Å². The molecule has 1 aliphatic rings. The van der Waals surface area contributed by atoms with Crippen LogP contribution in [0.15, 0.2) is 53.5 Å². The molecule has 2 aromatic heterocycles. The van der Waals surface area contributed by atoms with Gasteiger partial charge in [-0.3, -0.25) is 14.6 Å². The van der Waals surface area contributed by atoms with Gasteiger partial charge in [0.1, 0.15) is 11.3 Å². The lowest BCUT2D eigenvalue weighted by atomic mass is 9.92. The van der Waals surface area contributed by atoms with E-state index in [1.165, 1.54) is 12.1 Å². The number of halogens is 1. The third-order valence-electron chi connectivity index (χ3n) is 5.18. The molecule has 1 N–H and O–H groups in total. The van der Waals surface area contributed by atoms with E-state index in [4.69, 9.17) is 0 Å². The van der Waals surface area contributed by atoms with Gasteiger partial charge in [0.2, 0.25) is 5.91 Å². The predicted octanol–water partition coefficient (Wildman–Crippen LogP) is 3.01. The summed E-state index contributed by atoms with van der Waals surface area (Å²) in [6.45, 7) is 1.30. The van der Waals surface area contributed by atoms with Crippen LogP contribution < -0.4 is 5.56 Å². The van der Waals surface area contributed by atoms with Crippen molar-refractivity contribution in [3.8, 4) is 0 Å². The summed E-state index contributed by atoms with van der Waals surface area (Å²) in [6.07, 6.45) is 3.50. The summed E-state index contributed by atoms with van der Waals surface area (Å²) in [7, 11) is 0. The summed E-state index contributed by atoms with van der Waals surface area (Å²) >= 11 is 0. The van der Waals surface area contributed by atoms with Gasteiger partial charge >= 0.3 is 0 Å². The number of likely N-dealkylation sites (tertiary alicyclic amines) is 1. The van der Waals surface area contributed by atoms with Crippen LogP contribution in [0, 0.1) is 5.82 Å². The first-order valence-electron chi connectivity index (χ1n) is 9.10. The smallest absolute Gasteiger partial charge is 0.274 e. The number of H-pyrrole nitrogens is 1. The highest BCUT2D eigenvalue weighted by atomic mass is 19.1. The van der Waals surface area contributed by atoms with E-state index < -0.39 is 0 Å². The van der Waals surface area contributed by atoms with Crippen molar-refractivity contribution in [1.29, 1.82) is 0 Å². The highest BCUT2D eigenvalue weighted by Gasteiger charge is 2.24. The molecular weight excluding hydrogens is 345 g/mol. The third kappa shape index (κ3) is 3.74. The maximum atomic E-state index is 13.0. The van der Waals surface area contributed by atoms with Crippen LogP contribution in [0.4, 0.5) is 4.39 Å². The van der Waals surface area contributed by atoms with Crippen molar-refractivity contribution in [3.63, 3.8) is 0 Å². The van der Waals surface area contributed by atoms with Crippen molar-refractivity contribution >= 4 is 16.8 Å². The number of nitrogens with one attached hydrogen (secondary N) is 1. The first kappa shape index (κ1) is 17.4. The second kappa shape index (κ2) is 7.31. The number of hydrogen-bond donors (Lipinski definition) is 1. The molecule has 5 nitrogen and oxygen atoms in total. The molecule has 0 aliphatic carbocycles. The molecule has 1 aliphatic heterocycles. The molecule has 0 spiro atoms. The van der Waals surface area contributed by atoms with Gasteiger partial charge < -0.3 is 9.88 Å². The van der Waals surface area contributed by atoms with Gasteiger partial charge in [-0.25, -0.2) is 4.39 Å². The fraction of sp³-hybridized carbons (Fsp3) is 0.286. The minimum atomic E-state index is -0.299. The molecule has 0 radical (unpaired) electrons. The Hall–Kier alpha value is -3.02. The first-order chi connectivity index (χ1) is 13.1. The number of nitrogens with zero attached hydrogens (tertiary/aromatic N) is 2. The zero-order valence-electron chi connectivity index (χ0n) is 14.8. The number of benzene rings is 1. The van der Waals surface area contributed by atoms with Gasteiger partial charge in [-0.2, -0.15) is 0 Å². The second-order valence-electron chi connectivity index (χ2n) is 6.95. The Bertz CT molecular complexity index is 1020. The van der Waals surface area contributed by atoms with Crippen molar-refractivity contribution in [2.75, 3.05) is 13.1 Å². The van der Waals surface area contributed by atoms with Crippen molar-refractivity contribution in [1.82, 2.24) is 14.9 Å². The highest BCUT2D eigenvalue weighted by molar-refractivity contribution is 5.79. The highest BCUT2D eigenvalue weighted by Crippen LogP contribution is 2.27. The predicted molar refractivity (Wildman–Crippen MR) is 101 cm³/mol. The van der Waals surface area contributed by atoms with Gasteiger partial charge in [0.05, 0.1) is 6.42 Å². The summed E-state index contributed by atoms with van der Waals surface area (Å²) in [5, 5.41) is 0.839. The summed E-state index contributed by atoms with van der Waals surface area (Å²) in [5.74, 6) is -0.0277. The number of piperidine rings is 1. The number of hydrogen-bond acceptors (Lipinski definition) is 3. The van der Waals surface area contributed by atoms with Crippen LogP contribution in [-0.4, -0.2) is 33.9 Å². The molecule has 4 rings (SSSR count). The Morgan fingerprint density at radius 2 is 1.93 bits per heavy atom. The molecule has 0 bridgehead atoms. The van der Waals surface area contributed by atoms with E-state index >= 15 is 0 Å². The molecule has 0 atom stereocenters. The summed E-state index contributed by atoms with van der Waals surface area (Å²) in [6, 6.07) is 11.7. The lowest BCUT2D eigenvalue weighted by molar-refractivity contribution is -0.131. The standard InChI is InChI=1S/C21H20FN3O2/c22-17-5-3-14(4-6-17)12-19(26)25-10-7-15(8-11-25)18-13-16-2-1-9-23-20(16)21(27)24-18/h1-6,9,13,15H,7-8,10-12H2,(H,24,27). The normalized spacial score (nSPS) is 15.2. The van der Waals surface area contributed by atoms with Gasteiger partial charge in [0, 0.05) is 36.3 Å². The van der Waals surface area contributed by atoms with Crippen LogP contribution in [-0.2, 0) is 11.2 Å². The van der Waals surface area contributed by atoms with Crippen molar-refractivity contribution in [3.05, 3.63) is 76.1 Å². The Kier molecular flexibility index (Phi) is 4.71. The Morgan fingerprint density at radius 3 is 2.67 bits per heavy atom. The number of carbonyl (C=O) groups excluding carboxylic acids is 1. The topological polar surface area (TPSA) is 66.1 Å². The number of amides is 1. The van der Waals surface area contributed by atoms with E-state index in [1.54, 1.807) is 18.3 Å². The Balaban J connectivity index is 1.42. The molecule has 6 heteroatoms. The van der Waals surface area contributed by atoms with Crippen LogP contribution in [0.5, 0.6) is 0 Å². The monoisotopic (exact) mass is 365 g/mol. The minimum absolute atomic E-state index is 0.0521. The number of rotatable bonds is 3. The average Bonchev–Trinajstić information content (AvgIpc) is 2.70. The quantitative estimate of drug-likeness (QED) is 0.776. The zero-order valence-corrected chi connectivity index (χ0v) is 14.8. The van der Waals surface area contributed by atoms with Gasteiger partial charge in [-0.1, -0.05) is 18.2 Å². The maximum absolute atomic E-state index is 13.0. The van der Waals surface area contributed by atoms with E-state index in [0.29, 0.717) is 18.6 Å². The molecule has 0 unspecified atom stereocenters. The minimum Gasteiger partial charge on any atom is -0.342 e. The van der Waals surface area contributed by atoms with Gasteiger partial charge in [0.25, 0.3) is 5.56 Å². The van der Waals surface area contributed by atoms with Crippen molar-refractivity contribution < 1.29 is 9.18 Å². The largest absolute Gasteiger partial charge is 0.342 e. The zero-order chi connectivity index (χ0) is 18.8. The molecule has 1 amide bonds.